The lowest BCUT2D eigenvalue weighted by atomic mass is 10.0. The molecule has 0 atom stereocenters. The van der Waals surface area contributed by atoms with Gasteiger partial charge < -0.3 is 20.4 Å². The highest BCUT2D eigenvalue weighted by molar-refractivity contribution is 6.32. The van der Waals surface area contributed by atoms with Crippen LogP contribution >= 0.6 is 11.6 Å². The highest BCUT2D eigenvalue weighted by atomic mass is 35.5. The fourth-order valence-corrected chi connectivity index (χ4v) is 2.94. The zero-order valence-electron chi connectivity index (χ0n) is 13.3. The quantitative estimate of drug-likeness (QED) is 0.683. The summed E-state index contributed by atoms with van der Waals surface area (Å²) in [6, 6.07) is 2.55. The van der Waals surface area contributed by atoms with Crippen molar-refractivity contribution in [2.24, 2.45) is 0 Å². The maximum atomic E-state index is 12.2. The molecular formula is C16H19ClN4O3. The fourth-order valence-electron chi connectivity index (χ4n) is 2.78. The van der Waals surface area contributed by atoms with Crippen LogP contribution in [0.1, 0.15) is 24.6 Å². The molecule has 1 aliphatic heterocycles. The average Bonchev–Trinajstić information content (AvgIpc) is 2.98. The predicted molar refractivity (Wildman–Crippen MR) is 90.2 cm³/mol. The number of carbonyl (C=O) groups is 1. The highest BCUT2D eigenvalue weighted by Gasteiger charge is 2.26. The first kappa shape index (κ1) is 16.4. The Morgan fingerprint density at radius 2 is 2.21 bits per heavy atom. The van der Waals surface area contributed by atoms with Crippen LogP contribution in [-0.2, 0) is 13.0 Å². The molecule has 3 rings (SSSR count). The van der Waals surface area contributed by atoms with Crippen LogP contribution in [0.5, 0.6) is 11.5 Å². The number of fused-ring (bicyclic) bond motifs is 1. The van der Waals surface area contributed by atoms with Gasteiger partial charge in [-0.3, -0.25) is 5.10 Å². The zero-order valence-corrected chi connectivity index (χ0v) is 14.0. The van der Waals surface area contributed by atoms with E-state index in [0.29, 0.717) is 37.3 Å². The van der Waals surface area contributed by atoms with E-state index < -0.39 is 0 Å². The summed E-state index contributed by atoms with van der Waals surface area (Å²) in [6.45, 7) is 3.63. The summed E-state index contributed by atoms with van der Waals surface area (Å²) in [7, 11) is 0. The van der Waals surface area contributed by atoms with Crippen molar-refractivity contribution < 1.29 is 15.0 Å². The van der Waals surface area contributed by atoms with Crippen LogP contribution in [0.4, 0.5) is 4.79 Å². The van der Waals surface area contributed by atoms with Gasteiger partial charge in [-0.15, -0.1) is 0 Å². The summed E-state index contributed by atoms with van der Waals surface area (Å²) in [5, 5.41) is 29.9. The van der Waals surface area contributed by atoms with Crippen molar-refractivity contribution in [3.05, 3.63) is 28.4 Å². The Morgan fingerprint density at radius 1 is 1.42 bits per heavy atom. The van der Waals surface area contributed by atoms with Crippen LogP contribution in [0.2, 0.25) is 5.02 Å². The lowest BCUT2D eigenvalue weighted by Crippen LogP contribution is -2.42. The van der Waals surface area contributed by atoms with Gasteiger partial charge in [0.05, 0.1) is 11.6 Å². The highest BCUT2D eigenvalue weighted by Crippen LogP contribution is 2.39. The topological polar surface area (TPSA) is 101 Å². The largest absolute Gasteiger partial charge is 0.507 e. The van der Waals surface area contributed by atoms with E-state index in [1.54, 1.807) is 4.90 Å². The third-order valence-corrected chi connectivity index (χ3v) is 4.37. The number of phenols is 2. The summed E-state index contributed by atoms with van der Waals surface area (Å²) in [4.78, 5) is 13.9. The molecular weight excluding hydrogens is 332 g/mol. The van der Waals surface area contributed by atoms with E-state index >= 15 is 0 Å². The van der Waals surface area contributed by atoms with Crippen molar-refractivity contribution in [1.82, 2.24) is 20.4 Å². The van der Waals surface area contributed by atoms with Crippen LogP contribution in [0.25, 0.3) is 11.3 Å². The molecule has 2 heterocycles. The molecule has 0 saturated heterocycles. The Morgan fingerprint density at radius 3 is 2.96 bits per heavy atom. The van der Waals surface area contributed by atoms with E-state index in [0.717, 1.165) is 17.7 Å². The Kier molecular flexibility index (Phi) is 4.53. The van der Waals surface area contributed by atoms with Gasteiger partial charge in [0, 0.05) is 42.4 Å². The molecule has 0 unspecified atom stereocenters. The number of urea groups is 1. The van der Waals surface area contributed by atoms with E-state index in [1.807, 2.05) is 6.92 Å². The van der Waals surface area contributed by atoms with Crippen molar-refractivity contribution in [3.63, 3.8) is 0 Å². The first-order valence-corrected chi connectivity index (χ1v) is 8.19. The summed E-state index contributed by atoms with van der Waals surface area (Å²) < 4.78 is 0. The number of aromatic hydroxyl groups is 2. The number of aromatic amines is 1. The SMILES string of the molecule is CCCNC(=O)N1CCc2[nH]nc(-c3cc(Cl)c(O)cc3O)c2C1. The molecule has 0 spiro atoms. The molecule has 8 heteroatoms. The van der Waals surface area contributed by atoms with Gasteiger partial charge in [-0.25, -0.2) is 4.79 Å². The molecule has 128 valence electrons. The maximum absolute atomic E-state index is 12.2. The minimum absolute atomic E-state index is 0.109. The Balaban J connectivity index is 1.91. The van der Waals surface area contributed by atoms with Crippen LogP contribution < -0.4 is 5.32 Å². The Bertz CT molecular complexity index is 775. The molecule has 0 aliphatic carbocycles. The van der Waals surface area contributed by atoms with Gasteiger partial charge in [0.25, 0.3) is 0 Å². The summed E-state index contributed by atoms with van der Waals surface area (Å²) in [5.41, 5.74) is 2.75. The van der Waals surface area contributed by atoms with Crippen molar-refractivity contribution in [2.75, 3.05) is 13.1 Å². The summed E-state index contributed by atoms with van der Waals surface area (Å²) >= 11 is 5.95. The molecule has 0 radical (unpaired) electrons. The smallest absolute Gasteiger partial charge is 0.317 e. The molecule has 1 aliphatic rings. The van der Waals surface area contributed by atoms with Crippen LogP contribution in [-0.4, -0.2) is 44.4 Å². The first-order chi connectivity index (χ1) is 11.5. The number of rotatable bonds is 3. The van der Waals surface area contributed by atoms with Gasteiger partial charge in [-0.2, -0.15) is 5.10 Å². The Hall–Kier alpha value is -2.41. The summed E-state index contributed by atoms with van der Waals surface area (Å²) in [6.07, 6.45) is 1.54. The zero-order chi connectivity index (χ0) is 17.3. The number of H-pyrrole nitrogens is 1. The molecule has 0 bridgehead atoms. The van der Waals surface area contributed by atoms with E-state index in [1.165, 1.54) is 12.1 Å². The number of nitrogens with one attached hydrogen (secondary N) is 2. The maximum Gasteiger partial charge on any atom is 0.317 e. The molecule has 0 saturated carbocycles. The van der Waals surface area contributed by atoms with E-state index in [9.17, 15) is 15.0 Å². The standard InChI is InChI=1S/C16H19ClN4O3/c1-2-4-18-16(24)21-5-3-12-10(8-21)15(20-19-12)9-6-11(17)14(23)7-13(9)22/h6-7,22-23H,2-5,8H2,1H3,(H,18,24)(H,19,20). The van der Waals surface area contributed by atoms with Crippen LogP contribution in [0.3, 0.4) is 0 Å². The molecule has 2 amide bonds. The molecule has 24 heavy (non-hydrogen) atoms. The van der Waals surface area contributed by atoms with Crippen molar-refractivity contribution in [3.8, 4) is 22.8 Å². The van der Waals surface area contributed by atoms with Gasteiger partial charge in [0.1, 0.15) is 17.2 Å². The van der Waals surface area contributed by atoms with Gasteiger partial charge in [0.2, 0.25) is 0 Å². The minimum Gasteiger partial charge on any atom is -0.507 e. The fraction of sp³-hybridized carbons (Fsp3) is 0.375. The number of halogens is 1. The van der Waals surface area contributed by atoms with Crippen LogP contribution in [0.15, 0.2) is 12.1 Å². The molecule has 0 fully saturated rings. The predicted octanol–water partition coefficient (Wildman–Crippen LogP) is 2.62. The number of benzene rings is 1. The Labute approximate surface area is 144 Å². The second-order valence-corrected chi connectivity index (χ2v) is 6.16. The normalized spacial score (nSPS) is 13.7. The van der Waals surface area contributed by atoms with Crippen molar-refractivity contribution >= 4 is 17.6 Å². The minimum atomic E-state index is -0.192. The van der Waals surface area contributed by atoms with Crippen molar-refractivity contribution in [2.45, 2.75) is 26.3 Å². The monoisotopic (exact) mass is 350 g/mol. The van der Waals surface area contributed by atoms with Gasteiger partial charge in [0.15, 0.2) is 0 Å². The lowest BCUT2D eigenvalue weighted by molar-refractivity contribution is 0.192. The van der Waals surface area contributed by atoms with Gasteiger partial charge in [-0.05, 0) is 12.5 Å². The van der Waals surface area contributed by atoms with Gasteiger partial charge in [-0.1, -0.05) is 18.5 Å². The van der Waals surface area contributed by atoms with E-state index in [-0.39, 0.29) is 22.6 Å². The number of aromatic nitrogens is 2. The number of nitrogens with zero attached hydrogens (tertiary/aromatic N) is 2. The molecule has 7 nitrogen and oxygen atoms in total. The molecule has 4 N–H and O–H groups in total. The number of amides is 2. The second kappa shape index (κ2) is 6.60. The number of carbonyl (C=O) groups excluding carboxylic acids is 1. The third-order valence-electron chi connectivity index (χ3n) is 4.07. The summed E-state index contributed by atoms with van der Waals surface area (Å²) in [5.74, 6) is -0.304. The lowest BCUT2D eigenvalue weighted by Gasteiger charge is -2.27. The number of phenolic OH excluding ortho intramolecular Hbond substituents is 2. The average molecular weight is 351 g/mol. The first-order valence-electron chi connectivity index (χ1n) is 7.82. The number of hydrogen-bond acceptors (Lipinski definition) is 4. The third kappa shape index (κ3) is 2.99. The molecule has 1 aromatic heterocycles. The van der Waals surface area contributed by atoms with Crippen LogP contribution in [0, 0.1) is 0 Å². The number of hydrogen-bond donors (Lipinski definition) is 4. The van der Waals surface area contributed by atoms with Gasteiger partial charge >= 0.3 is 6.03 Å². The van der Waals surface area contributed by atoms with Crippen molar-refractivity contribution in [1.29, 1.82) is 0 Å². The second-order valence-electron chi connectivity index (χ2n) is 5.75. The molecule has 2 aromatic rings. The molecule has 1 aromatic carbocycles. The van der Waals surface area contributed by atoms with E-state index in [2.05, 4.69) is 15.5 Å². The van der Waals surface area contributed by atoms with E-state index in [4.69, 9.17) is 11.6 Å².